The van der Waals surface area contributed by atoms with E-state index in [0.29, 0.717) is 0 Å². The molecule has 1 nitrogen and oxygen atoms in total. The fourth-order valence-corrected chi connectivity index (χ4v) is 1.34. The normalized spacial score (nSPS) is 13.8. The lowest BCUT2D eigenvalue weighted by Crippen LogP contribution is -2.30. The van der Waals surface area contributed by atoms with Crippen LogP contribution < -0.4 is 5.73 Å². The third-order valence-electron chi connectivity index (χ3n) is 2.22. The Morgan fingerprint density at radius 3 is 1.39 bits per heavy atom. The first-order valence-corrected chi connectivity index (χ1v) is 4.41. The van der Waals surface area contributed by atoms with Gasteiger partial charge in [0.15, 0.2) is 23.3 Å². The molecule has 0 aliphatic rings. The second kappa shape index (κ2) is 4.71. The predicted molar refractivity (Wildman–Crippen MR) is 44.1 cm³/mol. The quantitative estimate of drug-likeness (QED) is 0.502. The maximum atomic E-state index is 13.1. The van der Waals surface area contributed by atoms with Gasteiger partial charge in [-0.15, -0.1) is 0 Å². The summed E-state index contributed by atoms with van der Waals surface area (Å²) in [5.74, 6) is -15.4. The summed E-state index contributed by atoms with van der Waals surface area (Å²) in [4.78, 5) is 0. The van der Waals surface area contributed by atoms with Gasteiger partial charge in [-0.2, -0.15) is 13.2 Å². The largest absolute Gasteiger partial charge is 0.397 e. The van der Waals surface area contributed by atoms with Crippen molar-refractivity contribution in [2.24, 2.45) is 5.73 Å². The maximum absolute atomic E-state index is 13.1. The first-order chi connectivity index (χ1) is 8.12. The molecule has 0 saturated heterocycles. The summed E-state index contributed by atoms with van der Waals surface area (Å²) in [6, 6.07) is 0. The van der Waals surface area contributed by atoms with Crippen molar-refractivity contribution < 1.29 is 35.1 Å². The van der Waals surface area contributed by atoms with Crippen LogP contribution in [0.3, 0.4) is 0 Å². The topological polar surface area (TPSA) is 26.0 Å². The van der Waals surface area contributed by atoms with Crippen LogP contribution in [0, 0.1) is 29.1 Å². The summed E-state index contributed by atoms with van der Waals surface area (Å²) in [7, 11) is 0. The van der Waals surface area contributed by atoms with E-state index in [0.717, 1.165) is 0 Å². The van der Waals surface area contributed by atoms with Crippen molar-refractivity contribution in [1.29, 1.82) is 0 Å². The summed E-state index contributed by atoms with van der Waals surface area (Å²) in [6.07, 6.45) is -5.23. The fourth-order valence-electron chi connectivity index (χ4n) is 1.34. The number of rotatable bonds is 2. The number of halogens is 8. The molecule has 1 unspecified atom stereocenters. The SMILES string of the molecule is NCC(c1c(F)c(F)c(F)c(F)c1F)C(F)(F)F. The second-order valence-electron chi connectivity index (χ2n) is 3.31. The summed E-state index contributed by atoms with van der Waals surface area (Å²) < 4.78 is 101. The molecule has 102 valence electrons. The van der Waals surface area contributed by atoms with Gasteiger partial charge in [-0.25, -0.2) is 22.0 Å². The van der Waals surface area contributed by atoms with Gasteiger partial charge in [-0.05, 0) is 0 Å². The Morgan fingerprint density at radius 1 is 0.778 bits per heavy atom. The third-order valence-corrected chi connectivity index (χ3v) is 2.22. The molecule has 1 rings (SSSR count). The minimum absolute atomic E-state index is 1.35. The number of hydrogen-bond acceptors (Lipinski definition) is 1. The Kier molecular flexibility index (Phi) is 3.84. The molecule has 1 aromatic rings. The Morgan fingerprint density at radius 2 is 1.11 bits per heavy atom. The Hall–Kier alpha value is -1.38. The van der Waals surface area contributed by atoms with Crippen molar-refractivity contribution in [3.8, 4) is 0 Å². The van der Waals surface area contributed by atoms with Crippen molar-refractivity contribution in [2.75, 3.05) is 6.54 Å². The van der Waals surface area contributed by atoms with E-state index in [1.165, 1.54) is 0 Å². The zero-order chi connectivity index (χ0) is 14.2. The summed E-state index contributed by atoms with van der Waals surface area (Å²) in [5, 5.41) is 0. The van der Waals surface area contributed by atoms with E-state index in [1.54, 1.807) is 0 Å². The highest BCUT2D eigenvalue weighted by atomic mass is 19.4. The number of benzene rings is 1. The lowest BCUT2D eigenvalue weighted by atomic mass is 9.96. The maximum Gasteiger partial charge on any atom is 0.397 e. The Bertz CT molecular complexity index is 438. The van der Waals surface area contributed by atoms with Crippen LogP contribution in [0.4, 0.5) is 35.1 Å². The molecule has 0 heterocycles. The highest BCUT2D eigenvalue weighted by molar-refractivity contribution is 5.28. The van der Waals surface area contributed by atoms with Gasteiger partial charge >= 0.3 is 6.18 Å². The molecule has 0 spiro atoms. The first-order valence-electron chi connectivity index (χ1n) is 4.41. The van der Waals surface area contributed by atoms with E-state index in [9.17, 15) is 35.1 Å². The predicted octanol–water partition coefficient (Wildman–Crippen LogP) is 2.99. The van der Waals surface area contributed by atoms with Crippen molar-refractivity contribution >= 4 is 0 Å². The molecule has 0 aliphatic carbocycles. The second-order valence-corrected chi connectivity index (χ2v) is 3.31. The molecule has 0 aromatic heterocycles. The van der Waals surface area contributed by atoms with Crippen molar-refractivity contribution in [1.82, 2.24) is 0 Å². The van der Waals surface area contributed by atoms with Crippen molar-refractivity contribution in [3.05, 3.63) is 34.6 Å². The molecule has 0 fully saturated rings. The average Bonchev–Trinajstić information content (AvgIpc) is 2.27. The standard InChI is InChI=1S/C9H5F8N/c10-4-3(2(1-18)9(15,16)17)5(11)7(13)8(14)6(4)12/h2H,1,18H2. The number of alkyl halides is 3. The van der Waals surface area contributed by atoms with E-state index in [4.69, 9.17) is 0 Å². The number of nitrogens with two attached hydrogens (primary N) is 1. The number of hydrogen-bond donors (Lipinski definition) is 1. The molecule has 0 saturated carbocycles. The molecule has 18 heavy (non-hydrogen) atoms. The fraction of sp³-hybridized carbons (Fsp3) is 0.333. The van der Waals surface area contributed by atoms with E-state index in [-0.39, 0.29) is 0 Å². The van der Waals surface area contributed by atoms with E-state index < -0.39 is 53.3 Å². The molecule has 2 N–H and O–H groups in total. The van der Waals surface area contributed by atoms with E-state index >= 15 is 0 Å². The summed E-state index contributed by atoms with van der Waals surface area (Å²) in [5.41, 5.74) is 2.70. The molecular formula is C9H5F8N. The van der Waals surface area contributed by atoms with Gasteiger partial charge < -0.3 is 5.73 Å². The summed E-state index contributed by atoms with van der Waals surface area (Å²) in [6.45, 7) is -1.35. The van der Waals surface area contributed by atoms with Crippen LogP contribution in [0.2, 0.25) is 0 Å². The van der Waals surface area contributed by atoms with Gasteiger partial charge in [-0.1, -0.05) is 0 Å². The first kappa shape index (κ1) is 14.7. The van der Waals surface area contributed by atoms with Gasteiger partial charge in [-0.3, -0.25) is 0 Å². The minimum Gasteiger partial charge on any atom is -0.330 e. The lowest BCUT2D eigenvalue weighted by Gasteiger charge is -2.20. The van der Waals surface area contributed by atoms with E-state index in [1.807, 2.05) is 0 Å². The van der Waals surface area contributed by atoms with Gasteiger partial charge in [0.25, 0.3) is 0 Å². The van der Waals surface area contributed by atoms with Gasteiger partial charge in [0.1, 0.15) is 0 Å². The van der Waals surface area contributed by atoms with Crippen molar-refractivity contribution in [3.63, 3.8) is 0 Å². The molecule has 0 radical (unpaired) electrons. The van der Waals surface area contributed by atoms with Gasteiger partial charge in [0.05, 0.1) is 5.92 Å². The van der Waals surface area contributed by atoms with Crippen LogP contribution in [0.5, 0.6) is 0 Å². The Labute approximate surface area is 95.2 Å². The van der Waals surface area contributed by atoms with Gasteiger partial charge in [0, 0.05) is 12.1 Å². The highest BCUT2D eigenvalue weighted by Crippen LogP contribution is 2.38. The van der Waals surface area contributed by atoms with Crippen LogP contribution >= 0.6 is 0 Å². The monoisotopic (exact) mass is 279 g/mol. The lowest BCUT2D eigenvalue weighted by molar-refractivity contribution is -0.149. The molecule has 1 atom stereocenters. The molecule has 0 amide bonds. The van der Waals surface area contributed by atoms with Crippen LogP contribution in [0.1, 0.15) is 11.5 Å². The zero-order valence-corrected chi connectivity index (χ0v) is 8.39. The molecule has 0 aliphatic heterocycles. The smallest absolute Gasteiger partial charge is 0.330 e. The highest BCUT2D eigenvalue weighted by Gasteiger charge is 2.45. The van der Waals surface area contributed by atoms with Crippen LogP contribution in [0.25, 0.3) is 0 Å². The summed E-state index contributed by atoms with van der Waals surface area (Å²) >= 11 is 0. The zero-order valence-electron chi connectivity index (χ0n) is 8.39. The van der Waals surface area contributed by atoms with E-state index in [2.05, 4.69) is 5.73 Å². The minimum atomic E-state index is -5.23. The average molecular weight is 279 g/mol. The Balaban J connectivity index is 3.59. The van der Waals surface area contributed by atoms with Crippen LogP contribution in [0.15, 0.2) is 0 Å². The van der Waals surface area contributed by atoms with Crippen molar-refractivity contribution in [2.45, 2.75) is 12.1 Å². The molecule has 0 bridgehead atoms. The van der Waals surface area contributed by atoms with Crippen LogP contribution in [-0.4, -0.2) is 12.7 Å². The van der Waals surface area contributed by atoms with Crippen LogP contribution in [-0.2, 0) is 0 Å². The molecular weight excluding hydrogens is 274 g/mol. The molecule has 9 heteroatoms. The third kappa shape index (κ3) is 2.26. The van der Waals surface area contributed by atoms with Gasteiger partial charge in [0.2, 0.25) is 5.82 Å². The molecule has 1 aromatic carbocycles.